The fourth-order valence-corrected chi connectivity index (χ4v) is 4.49. The van der Waals surface area contributed by atoms with Crippen molar-refractivity contribution < 1.29 is 27.5 Å². The Bertz CT molecular complexity index is 1070. The maximum absolute atomic E-state index is 13.1. The third-order valence-electron chi connectivity index (χ3n) is 4.41. The van der Waals surface area contributed by atoms with Crippen LogP contribution in [0.5, 0.6) is 0 Å². The zero-order valence-electron chi connectivity index (χ0n) is 17.5. The maximum atomic E-state index is 13.1. The van der Waals surface area contributed by atoms with Crippen molar-refractivity contribution in [3.63, 3.8) is 0 Å². The zero-order valence-corrected chi connectivity index (χ0v) is 18.3. The van der Waals surface area contributed by atoms with Crippen molar-refractivity contribution in [2.45, 2.75) is 32.6 Å². The Morgan fingerprint density at radius 3 is 2.23 bits per heavy atom. The second-order valence-electron chi connectivity index (χ2n) is 6.74. The van der Waals surface area contributed by atoms with Gasteiger partial charge in [0.1, 0.15) is 10.5 Å². The van der Waals surface area contributed by atoms with Crippen molar-refractivity contribution in [2.75, 3.05) is 25.5 Å². The summed E-state index contributed by atoms with van der Waals surface area (Å²) >= 11 is 0. The van der Waals surface area contributed by atoms with Crippen LogP contribution < -0.4 is 5.32 Å². The molecule has 0 aliphatic carbocycles. The highest BCUT2D eigenvalue weighted by atomic mass is 32.2. The summed E-state index contributed by atoms with van der Waals surface area (Å²) in [5.41, 5.74) is 1.51. The molecule has 1 amide bonds. The van der Waals surface area contributed by atoms with Gasteiger partial charge in [0.05, 0.1) is 13.2 Å². The summed E-state index contributed by atoms with van der Waals surface area (Å²) in [6.07, 6.45) is 0. The molecular weight excluding hydrogens is 410 g/mol. The summed E-state index contributed by atoms with van der Waals surface area (Å²) < 4.78 is 32.0. The Kier molecular flexibility index (Phi) is 7.16. The van der Waals surface area contributed by atoms with Crippen molar-refractivity contribution >= 4 is 33.4 Å². The number of hydrogen-bond donors (Lipinski definition) is 2. The van der Waals surface area contributed by atoms with E-state index in [1.165, 1.54) is 20.9 Å². The van der Waals surface area contributed by atoms with Crippen molar-refractivity contribution in [2.24, 2.45) is 0 Å². The standard InChI is InChI=1S/C20H25N3O6S/c1-6-29-20(26)18-12(2)21-13(3)19(18)30(27,28)23(5)11-17(25)22-16-9-7-15(8-10-16)14(4)24/h7-10,21H,6,11H2,1-5H3,(H,22,25). The number of anilines is 1. The van der Waals surface area contributed by atoms with Crippen molar-refractivity contribution in [3.8, 4) is 0 Å². The number of ketones is 1. The molecule has 0 radical (unpaired) electrons. The third kappa shape index (κ3) is 4.95. The van der Waals surface area contributed by atoms with Crippen LogP contribution in [0.3, 0.4) is 0 Å². The van der Waals surface area contributed by atoms with Crippen molar-refractivity contribution in [1.29, 1.82) is 0 Å². The number of esters is 1. The first-order chi connectivity index (χ1) is 14.0. The van der Waals surface area contributed by atoms with Crippen LogP contribution in [0.2, 0.25) is 0 Å². The van der Waals surface area contributed by atoms with Crippen molar-refractivity contribution in [3.05, 3.63) is 46.8 Å². The van der Waals surface area contributed by atoms with E-state index in [4.69, 9.17) is 4.74 Å². The molecule has 2 N–H and O–H groups in total. The number of amides is 1. The number of carbonyl (C=O) groups excluding carboxylic acids is 3. The summed E-state index contributed by atoms with van der Waals surface area (Å²) in [6.45, 7) is 5.80. The number of likely N-dealkylation sites (N-methyl/N-ethyl adjacent to an activating group) is 1. The van der Waals surface area contributed by atoms with Crippen LogP contribution in [0.15, 0.2) is 29.2 Å². The van der Waals surface area contributed by atoms with E-state index in [9.17, 15) is 22.8 Å². The molecule has 2 rings (SSSR count). The molecule has 1 aromatic carbocycles. The number of H-pyrrole nitrogens is 1. The molecule has 30 heavy (non-hydrogen) atoms. The largest absolute Gasteiger partial charge is 0.462 e. The summed E-state index contributed by atoms with van der Waals surface area (Å²) in [4.78, 5) is 38.6. The number of benzene rings is 1. The number of nitrogens with one attached hydrogen (secondary N) is 2. The first-order valence-corrected chi connectivity index (χ1v) is 10.7. The minimum atomic E-state index is -4.15. The van der Waals surface area contributed by atoms with Gasteiger partial charge in [0.15, 0.2) is 5.78 Å². The quantitative estimate of drug-likeness (QED) is 0.484. The van der Waals surface area contributed by atoms with Gasteiger partial charge in [-0.2, -0.15) is 4.31 Å². The maximum Gasteiger partial charge on any atom is 0.341 e. The molecule has 0 saturated carbocycles. The van der Waals surface area contributed by atoms with Gasteiger partial charge in [0.25, 0.3) is 0 Å². The summed E-state index contributed by atoms with van der Waals surface area (Å²) in [7, 11) is -2.90. The molecule has 0 aliphatic rings. The van der Waals surface area contributed by atoms with Gasteiger partial charge in [0.2, 0.25) is 15.9 Å². The number of hydrogen-bond acceptors (Lipinski definition) is 6. The lowest BCUT2D eigenvalue weighted by Gasteiger charge is -2.18. The number of Topliss-reactive ketones (excluding diaryl/α,β-unsaturated/α-hetero) is 1. The Hall–Kier alpha value is -2.98. The van der Waals surface area contributed by atoms with E-state index in [0.717, 1.165) is 4.31 Å². The van der Waals surface area contributed by atoms with Gasteiger partial charge in [-0.3, -0.25) is 9.59 Å². The van der Waals surface area contributed by atoms with Crippen LogP contribution >= 0.6 is 0 Å². The number of sulfonamides is 1. The first-order valence-electron chi connectivity index (χ1n) is 9.22. The van der Waals surface area contributed by atoms with Gasteiger partial charge in [-0.1, -0.05) is 0 Å². The van der Waals surface area contributed by atoms with Gasteiger partial charge >= 0.3 is 5.97 Å². The number of aryl methyl sites for hydroxylation is 2. The number of aromatic nitrogens is 1. The number of carbonyl (C=O) groups is 3. The zero-order chi connectivity index (χ0) is 22.6. The van der Waals surface area contributed by atoms with Gasteiger partial charge in [-0.05, 0) is 52.0 Å². The molecular formula is C20H25N3O6S. The molecule has 0 atom stereocenters. The summed E-state index contributed by atoms with van der Waals surface area (Å²) in [5, 5.41) is 2.58. The normalized spacial score (nSPS) is 11.4. The van der Waals surface area contributed by atoms with E-state index in [0.29, 0.717) is 16.9 Å². The molecule has 0 unspecified atom stereocenters. The van der Waals surface area contributed by atoms with Gasteiger partial charge in [-0.15, -0.1) is 0 Å². The average Bonchev–Trinajstić information content (AvgIpc) is 2.96. The lowest BCUT2D eigenvalue weighted by molar-refractivity contribution is -0.116. The van der Waals surface area contributed by atoms with Crippen LogP contribution in [0.25, 0.3) is 0 Å². The van der Waals surface area contributed by atoms with Crippen LogP contribution in [0, 0.1) is 13.8 Å². The lowest BCUT2D eigenvalue weighted by Crippen LogP contribution is -2.35. The molecule has 0 aliphatic heterocycles. The monoisotopic (exact) mass is 435 g/mol. The highest BCUT2D eigenvalue weighted by molar-refractivity contribution is 7.89. The number of ether oxygens (including phenoxy) is 1. The van der Waals surface area contributed by atoms with Gasteiger partial charge in [-0.25, -0.2) is 13.2 Å². The molecule has 9 nitrogen and oxygen atoms in total. The predicted molar refractivity (Wildman–Crippen MR) is 111 cm³/mol. The lowest BCUT2D eigenvalue weighted by atomic mass is 10.1. The third-order valence-corrected chi connectivity index (χ3v) is 6.38. The fourth-order valence-electron chi connectivity index (χ4n) is 2.96. The average molecular weight is 436 g/mol. The number of nitrogens with zero attached hydrogens (tertiary/aromatic N) is 1. The Morgan fingerprint density at radius 1 is 1.10 bits per heavy atom. The van der Waals surface area contributed by atoms with E-state index < -0.39 is 28.4 Å². The Morgan fingerprint density at radius 2 is 1.70 bits per heavy atom. The Balaban J connectivity index is 2.22. The molecule has 0 bridgehead atoms. The SMILES string of the molecule is CCOC(=O)c1c(C)[nH]c(C)c1S(=O)(=O)N(C)CC(=O)Nc1ccc(C(C)=O)cc1. The Labute approximate surface area is 175 Å². The molecule has 1 aromatic heterocycles. The second-order valence-corrected chi connectivity index (χ2v) is 8.72. The van der Waals surface area contributed by atoms with Crippen molar-refractivity contribution in [1.82, 2.24) is 9.29 Å². The van der Waals surface area contributed by atoms with Crippen LogP contribution in [0.1, 0.15) is 46.0 Å². The van der Waals surface area contributed by atoms with E-state index in [-0.39, 0.29) is 28.5 Å². The smallest absolute Gasteiger partial charge is 0.341 e. The molecule has 0 fully saturated rings. The minimum absolute atomic E-state index is 0.0681. The number of aromatic amines is 1. The second kappa shape index (κ2) is 9.23. The van der Waals surface area contributed by atoms with E-state index in [2.05, 4.69) is 10.3 Å². The fraction of sp³-hybridized carbons (Fsp3) is 0.350. The predicted octanol–water partition coefficient (Wildman–Crippen LogP) is 2.27. The first kappa shape index (κ1) is 23.3. The molecule has 0 spiro atoms. The number of rotatable bonds is 8. The summed E-state index contributed by atoms with van der Waals surface area (Å²) in [5.74, 6) is -1.42. The van der Waals surface area contributed by atoms with Crippen LogP contribution in [-0.2, 0) is 19.6 Å². The van der Waals surface area contributed by atoms with Gasteiger partial charge < -0.3 is 15.0 Å². The highest BCUT2D eigenvalue weighted by Gasteiger charge is 2.33. The van der Waals surface area contributed by atoms with Crippen LogP contribution in [0.4, 0.5) is 5.69 Å². The summed E-state index contributed by atoms with van der Waals surface area (Å²) in [6, 6.07) is 6.25. The highest BCUT2D eigenvalue weighted by Crippen LogP contribution is 2.27. The molecule has 162 valence electrons. The minimum Gasteiger partial charge on any atom is -0.462 e. The molecule has 1 heterocycles. The van der Waals surface area contributed by atoms with Crippen LogP contribution in [-0.4, -0.2) is 55.6 Å². The van der Waals surface area contributed by atoms with E-state index >= 15 is 0 Å². The molecule has 10 heteroatoms. The topological polar surface area (TPSA) is 126 Å². The molecule has 0 saturated heterocycles. The van der Waals surface area contributed by atoms with E-state index in [1.807, 2.05) is 0 Å². The molecule has 2 aromatic rings. The van der Waals surface area contributed by atoms with E-state index in [1.54, 1.807) is 38.1 Å². The van der Waals surface area contributed by atoms with Gasteiger partial charge in [0, 0.05) is 29.7 Å².